The van der Waals surface area contributed by atoms with Gasteiger partial charge in [-0.15, -0.1) is 0 Å². The monoisotopic (exact) mass is 283 g/mol. The molecule has 0 saturated carbocycles. The largest absolute Gasteiger partial charge is 0.363 e. The summed E-state index contributed by atoms with van der Waals surface area (Å²) in [5.41, 5.74) is -0.852. The van der Waals surface area contributed by atoms with Gasteiger partial charge in [0.15, 0.2) is 5.60 Å². The molecule has 1 atom stereocenters. The van der Waals surface area contributed by atoms with E-state index in [1.807, 2.05) is 9.80 Å². The summed E-state index contributed by atoms with van der Waals surface area (Å²) in [5.74, 6) is 0.0403. The van der Waals surface area contributed by atoms with Crippen LogP contribution >= 0.6 is 0 Å². The van der Waals surface area contributed by atoms with Crippen molar-refractivity contribution in [3.8, 4) is 0 Å². The Morgan fingerprint density at radius 2 is 1.90 bits per heavy atom. The van der Waals surface area contributed by atoms with Gasteiger partial charge in [0.25, 0.3) is 5.91 Å². The van der Waals surface area contributed by atoms with Gasteiger partial charge in [0.2, 0.25) is 5.91 Å². The first-order valence-electron chi connectivity index (χ1n) is 7.41. The molecule has 0 aromatic rings. The van der Waals surface area contributed by atoms with Crippen molar-refractivity contribution < 1.29 is 14.3 Å². The fraction of sp³-hybridized carbons (Fsp3) is 0.857. The maximum atomic E-state index is 12.3. The van der Waals surface area contributed by atoms with Gasteiger partial charge in [-0.2, -0.15) is 0 Å². The van der Waals surface area contributed by atoms with Crippen LogP contribution in [0.5, 0.6) is 0 Å². The molecule has 0 aromatic carbocycles. The highest BCUT2D eigenvalue weighted by Gasteiger charge is 2.39. The number of ether oxygens (including phenoxy) is 1. The van der Waals surface area contributed by atoms with Crippen LogP contribution in [-0.4, -0.2) is 73.6 Å². The van der Waals surface area contributed by atoms with E-state index < -0.39 is 5.60 Å². The number of carbonyl (C=O) groups excluding carboxylic acids is 2. The van der Waals surface area contributed by atoms with Crippen LogP contribution in [0.2, 0.25) is 0 Å². The van der Waals surface area contributed by atoms with Gasteiger partial charge in [-0.1, -0.05) is 0 Å². The predicted octanol–water partition coefficient (Wildman–Crippen LogP) is -0.164. The fourth-order valence-corrected chi connectivity index (χ4v) is 2.92. The van der Waals surface area contributed by atoms with Gasteiger partial charge in [0.05, 0.1) is 13.2 Å². The third-order valence-corrected chi connectivity index (χ3v) is 4.13. The molecule has 0 aliphatic carbocycles. The number of piperidine rings is 1. The standard InChI is InChI=1S/C14H25N3O3/c1-14(13(19)15-2)11-16(8-9-20-14)10-12(18)17-6-4-3-5-7-17/h3-11H2,1-2H3,(H,15,19)/t14-/m0/s1. The van der Waals surface area contributed by atoms with Gasteiger partial charge in [0, 0.05) is 33.2 Å². The molecule has 0 radical (unpaired) electrons. The van der Waals surface area contributed by atoms with E-state index >= 15 is 0 Å². The number of amides is 2. The van der Waals surface area contributed by atoms with Crippen molar-refractivity contribution in [3.63, 3.8) is 0 Å². The molecule has 0 aromatic heterocycles. The number of likely N-dealkylation sites (N-methyl/N-ethyl adjacent to an activating group) is 1. The zero-order valence-corrected chi connectivity index (χ0v) is 12.5. The lowest BCUT2D eigenvalue weighted by atomic mass is 10.0. The first kappa shape index (κ1) is 15.3. The highest BCUT2D eigenvalue weighted by atomic mass is 16.5. The molecule has 2 saturated heterocycles. The molecule has 20 heavy (non-hydrogen) atoms. The Kier molecular flexibility index (Phi) is 4.99. The molecule has 2 heterocycles. The number of hydrogen-bond donors (Lipinski definition) is 1. The number of rotatable bonds is 3. The number of hydrogen-bond acceptors (Lipinski definition) is 4. The molecule has 1 N–H and O–H groups in total. The Morgan fingerprint density at radius 1 is 1.20 bits per heavy atom. The van der Waals surface area contributed by atoms with Crippen molar-refractivity contribution in [2.45, 2.75) is 31.8 Å². The van der Waals surface area contributed by atoms with Gasteiger partial charge >= 0.3 is 0 Å². The Hall–Kier alpha value is -1.14. The lowest BCUT2D eigenvalue weighted by Crippen LogP contribution is -2.59. The highest BCUT2D eigenvalue weighted by molar-refractivity contribution is 5.85. The second kappa shape index (κ2) is 6.54. The van der Waals surface area contributed by atoms with Gasteiger partial charge in [-0.05, 0) is 26.2 Å². The van der Waals surface area contributed by atoms with Crippen LogP contribution in [0.1, 0.15) is 26.2 Å². The maximum Gasteiger partial charge on any atom is 0.253 e. The zero-order valence-electron chi connectivity index (χ0n) is 12.5. The van der Waals surface area contributed by atoms with E-state index in [4.69, 9.17) is 4.74 Å². The number of nitrogens with zero attached hydrogens (tertiary/aromatic N) is 2. The average Bonchev–Trinajstić information content (AvgIpc) is 2.47. The second-order valence-corrected chi connectivity index (χ2v) is 5.81. The van der Waals surface area contributed by atoms with Crippen LogP contribution in [0.15, 0.2) is 0 Å². The van der Waals surface area contributed by atoms with Crippen LogP contribution in [-0.2, 0) is 14.3 Å². The number of carbonyl (C=O) groups is 2. The molecule has 2 rings (SSSR count). The Morgan fingerprint density at radius 3 is 2.55 bits per heavy atom. The first-order valence-corrected chi connectivity index (χ1v) is 7.41. The number of nitrogens with one attached hydrogen (secondary N) is 1. The van der Waals surface area contributed by atoms with Crippen molar-refractivity contribution >= 4 is 11.8 Å². The van der Waals surface area contributed by atoms with Crippen LogP contribution < -0.4 is 5.32 Å². The molecule has 6 nitrogen and oxygen atoms in total. The van der Waals surface area contributed by atoms with Crippen molar-refractivity contribution in [2.24, 2.45) is 0 Å². The van der Waals surface area contributed by atoms with Crippen molar-refractivity contribution in [1.82, 2.24) is 15.1 Å². The third-order valence-electron chi connectivity index (χ3n) is 4.13. The first-order chi connectivity index (χ1) is 9.55. The molecule has 2 aliphatic heterocycles. The summed E-state index contributed by atoms with van der Waals surface area (Å²) in [5, 5.41) is 2.63. The molecule has 2 aliphatic rings. The summed E-state index contributed by atoms with van der Waals surface area (Å²) >= 11 is 0. The Balaban J connectivity index is 1.89. The zero-order chi connectivity index (χ0) is 14.6. The third kappa shape index (κ3) is 3.49. The summed E-state index contributed by atoms with van der Waals surface area (Å²) in [7, 11) is 1.61. The summed E-state index contributed by atoms with van der Waals surface area (Å²) < 4.78 is 5.60. The van der Waals surface area contributed by atoms with E-state index in [9.17, 15) is 9.59 Å². The van der Waals surface area contributed by atoms with Gasteiger partial charge in [0.1, 0.15) is 0 Å². The second-order valence-electron chi connectivity index (χ2n) is 5.81. The van der Waals surface area contributed by atoms with E-state index in [1.54, 1.807) is 14.0 Å². The summed E-state index contributed by atoms with van der Waals surface area (Å²) in [6.07, 6.45) is 3.42. The van der Waals surface area contributed by atoms with E-state index in [0.29, 0.717) is 26.2 Å². The minimum atomic E-state index is -0.852. The lowest BCUT2D eigenvalue weighted by Gasteiger charge is -2.39. The van der Waals surface area contributed by atoms with E-state index in [-0.39, 0.29) is 11.8 Å². The van der Waals surface area contributed by atoms with Crippen molar-refractivity contribution in [1.29, 1.82) is 0 Å². The SMILES string of the molecule is CNC(=O)[C@]1(C)CN(CC(=O)N2CCCCC2)CCO1. The van der Waals surface area contributed by atoms with E-state index in [2.05, 4.69) is 5.32 Å². The molecule has 6 heteroatoms. The highest BCUT2D eigenvalue weighted by Crippen LogP contribution is 2.18. The van der Waals surface area contributed by atoms with E-state index in [0.717, 1.165) is 25.9 Å². The van der Waals surface area contributed by atoms with E-state index in [1.165, 1.54) is 6.42 Å². The normalized spacial score (nSPS) is 28.2. The average molecular weight is 283 g/mol. The number of morpholine rings is 1. The minimum absolute atomic E-state index is 0.132. The molecule has 2 fully saturated rings. The lowest BCUT2D eigenvalue weighted by molar-refractivity contribution is -0.158. The van der Waals surface area contributed by atoms with Crippen LogP contribution in [0.3, 0.4) is 0 Å². The van der Waals surface area contributed by atoms with Crippen LogP contribution in [0.25, 0.3) is 0 Å². The maximum absolute atomic E-state index is 12.3. The molecule has 0 spiro atoms. The molecule has 114 valence electrons. The quantitative estimate of drug-likeness (QED) is 0.781. The van der Waals surface area contributed by atoms with Gasteiger partial charge < -0.3 is 15.0 Å². The van der Waals surface area contributed by atoms with Crippen molar-refractivity contribution in [2.75, 3.05) is 46.4 Å². The summed E-state index contributed by atoms with van der Waals surface area (Å²) in [6, 6.07) is 0. The van der Waals surface area contributed by atoms with Crippen LogP contribution in [0.4, 0.5) is 0 Å². The predicted molar refractivity (Wildman–Crippen MR) is 75.3 cm³/mol. The topological polar surface area (TPSA) is 61.9 Å². The molecule has 0 unspecified atom stereocenters. The summed E-state index contributed by atoms with van der Waals surface area (Å²) in [6.45, 7) is 5.56. The molecule has 0 bridgehead atoms. The molecular weight excluding hydrogens is 258 g/mol. The minimum Gasteiger partial charge on any atom is -0.363 e. The fourth-order valence-electron chi connectivity index (χ4n) is 2.92. The van der Waals surface area contributed by atoms with Crippen LogP contribution in [0, 0.1) is 0 Å². The smallest absolute Gasteiger partial charge is 0.253 e. The number of likely N-dealkylation sites (tertiary alicyclic amines) is 1. The Labute approximate surface area is 120 Å². The summed E-state index contributed by atoms with van der Waals surface area (Å²) in [4.78, 5) is 28.1. The van der Waals surface area contributed by atoms with Gasteiger partial charge in [-0.3, -0.25) is 14.5 Å². The Bertz CT molecular complexity index is 369. The van der Waals surface area contributed by atoms with Gasteiger partial charge in [-0.25, -0.2) is 0 Å². The molecule has 2 amide bonds. The molecular formula is C14H25N3O3. The van der Waals surface area contributed by atoms with Crippen molar-refractivity contribution in [3.05, 3.63) is 0 Å².